The van der Waals surface area contributed by atoms with Crippen molar-refractivity contribution in [3.05, 3.63) is 33.9 Å². The van der Waals surface area contributed by atoms with E-state index in [0.717, 1.165) is 24.1 Å². The zero-order valence-corrected chi connectivity index (χ0v) is 12.0. The van der Waals surface area contributed by atoms with Gasteiger partial charge in [0.05, 0.1) is 4.92 Å². The highest BCUT2D eigenvalue weighted by Gasteiger charge is 2.35. The summed E-state index contributed by atoms with van der Waals surface area (Å²) in [7, 11) is 2.06. The molecule has 2 unspecified atom stereocenters. The number of aryl methyl sites for hydroxylation is 1. The molecule has 5 heteroatoms. The summed E-state index contributed by atoms with van der Waals surface area (Å²) in [5.74, 6) is 0. The molecule has 2 atom stereocenters. The molecule has 5 nitrogen and oxygen atoms in total. The monoisotopic (exact) mass is 275 g/mol. The zero-order valence-electron chi connectivity index (χ0n) is 12.0. The van der Waals surface area contributed by atoms with Gasteiger partial charge in [-0.1, -0.05) is 0 Å². The van der Waals surface area contributed by atoms with Crippen LogP contribution in [0.15, 0.2) is 18.2 Å². The Morgan fingerprint density at radius 1 is 1.25 bits per heavy atom. The van der Waals surface area contributed by atoms with Crippen molar-refractivity contribution in [2.75, 3.05) is 11.9 Å². The average molecular weight is 275 g/mol. The Balaban J connectivity index is 1.83. The summed E-state index contributed by atoms with van der Waals surface area (Å²) in [6.07, 6.45) is 4.80. The molecule has 0 aromatic heterocycles. The normalized spacial score (nSPS) is 28.4. The van der Waals surface area contributed by atoms with E-state index >= 15 is 0 Å². The fourth-order valence-corrected chi connectivity index (χ4v) is 3.61. The van der Waals surface area contributed by atoms with E-state index in [9.17, 15) is 10.1 Å². The van der Waals surface area contributed by atoms with Gasteiger partial charge in [0, 0.05) is 43.0 Å². The number of piperidine rings is 1. The second-order valence-corrected chi connectivity index (χ2v) is 6.16. The van der Waals surface area contributed by atoms with Gasteiger partial charge in [-0.3, -0.25) is 10.1 Å². The SMILES string of the molecule is Cc1cc(N(C)C2CC3CCC(C2)N3)cc([N+](=O)[O-])c1. The topological polar surface area (TPSA) is 58.4 Å². The minimum absolute atomic E-state index is 0.184. The Bertz CT molecular complexity index is 520. The molecule has 2 aliphatic heterocycles. The molecular weight excluding hydrogens is 254 g/mol. The van der Waals surface area contributed by atoms with Crippen LogP contribution in [-0.2, 0) is 0 Å². The molecule has 1 aromatic carbocycles. The van der Waals surface area contributed by atoms with Crippen LogP contribution in [0.3, 0.4) is 0 Å². The van der Waals surface area contributed by atoms with Gasteiger partial charge in [0.25, 0.3) is 5.69 Å². The summed E-state index contributed by atoms with van der Waals surface area (Å²) in [6.45, 7) is 1.91. The van der Waals surface area contributed by atoms with Crippen molar-refractivity contribution in [1.29, 1.82) is 0 Å². The lowest BCUT2D eigenvalue weighted by atomic mass is 9.98. The van der Waals surface area contributed by atoms with Crippen LogP contribution < -0.4 is 10.2 Å². The maximum absolute atomic E-state index is 11.0. The second kappa shape index (κ2) is 5.05. The lowest BCUT2D eigenvalue weighted by Gasteiger charge is -2.37. The summed E-state index contributed by atoms with van der Waals surface area (Å²) >= 11 is 0. The number of nitrogens with zero attached hydrogens (tertiary/aromatic N) is 2. The van der Waals surface area contributed by atoms with Crippen molar-refractivity contribution >= 4 is 11.4 Å². The standard InChI is InChI=1S/C15H21N3O2/c1-10-5-13(9-15(6-10)18(19)20)17(2)14-7-11-3-4-12(8-14)16-11/h5-6,9,11-12,14,16H,3-4,7-8H2,1-2H3. The van der Waals surface area contributed by atoms with Gasteiger partial charge in [0.2, 0.25) is 0 Å². The molecule has 1 aromatic rings. The maximum atomic E-state index is 11.0. The smallest absolute Gasteiger partial charge is 0.271 e. The van der Waals surface area contributed by atoms with Gasteiger partial charge >= 0.3 is 0 Å². The van der Waals surface area contributed by atoms with Crippen LogP contribution in [0.25, 0.3) is 0 Å². The molecule has 0 saturated carbocycles. The van der Waals surface area contributed by atoms with Gasteiger partial charge in [0.15, 0.2) is 0 Å². The number of rotatable bonds is 3. The first-order valence-electron chi connectivity index (χ1n) is 7.28. The summed E-state index contributed by atoms with van der Waals surface area (Å²) < 4.78 is 0. The van der Waals surface area contributed by atoms with Crippen molar-refractivity contribution in [3.63, 3.8) is 0 Å². The molecule has 2 aliphatic rings. The molecule has 0 spiro atoms. The quantitative estimate of drug-likeness (QED) is 0.680. The number of anilines is 1. The molecule has 20 heavy (non-hydrogen) atoms. The molecular formula is C15H21N3O2. The Morgan fingerprint density at radius 2 is 1.90 bits per heavy atom. The minimum atomic E-state index is -0.309. The van der Waals surface area contributed by atoms with Crippen molar-refractivity contribution in [1.82, 2.24) is 5.32 Å². The van der Waals surface area contributed by atoms with Crippen molar-refractivity contribution in [2.24, 2.45) is 0 Å². The van der Waals surface area contributed by atoms with E-state index < -0.39 is 0 Å². The Labute approximate surface area is 119 Å². The Kier molecular flexibility index (Phi) is 3.38. The van der Waals surface area contributed by atoms with E-state index in [1.54, 1.807) is 12.1 Å². The predicted octanol–water partition coefficient (Wildman–Crippen LogP) is 2.62. The van der Waals surface area contributed by atoms with Crippen LogP contribution in [0.2, 0.25) is 0 Å². The number of benzene rings is 1. The predicted molar refractivity (Wildman–Crippen MR) is 79.2 cm³/mol. The van der Waals surface area contributed by atoms with Gasteiger partial charge in [-0.05, 0) is 44.2 Å². The van der Waals surface area contributed by atoms with Gasteiger partial charge in [-0.15, -0.1) is 0 Å². The van der Waals surface area contributed by atoms with Crippen molar-refractivity contribution in [3.8, 4) is 0 Å². The van der Waals surface area contributed by atoms with Crippen LogP contribution in [-0.4, -0.2) is 30.1 Å². The van der Waals surface area contributed by atoms with E-state index in [4.69, 9.17) is 0 Å². The van der Waals surface area contributed by atoms with Crippen LogP contribution in [0.4, 0.5) is 11.4 Å². The largest absolute Gasteiger partial charge is 0.371 e. The third-order valence-corrected chi connectivity index (χ3v) is 4.66. The number of fused-ring (bicyclic) bond motifs is 2. The summed E-state index contributed by atoms with van der Waals surface area (Å²) in [5.41, 5.74) is 2.09. The van der Waals surface area contributed by atoms with Crippen molar-refractivity contribution in [2.45, 2.75) is 50.7 Å². The summed E-state index contributed by atoms with van der Waals surface area (Å²) in [5, 5.41) is 14.6. The Morgan fingerprint density at radius 3 is 2.50 bits per heavy atom. The molecule has 0 radical (unpaired) electrons. The van der Waals surface area contributed by atoms with E-state index in [1.165, 1.54) is 12.8 Å². The highest BCUT2D eigenvalue weighted by Crippen LogP contribution is 2.32. The molecule has 2 bridgehead atoms. The molecule has 3 rings (SSSR count). The average Bonchev–Trinajstić information content (AvgIpc) is 2.75. The van der Waals surface area contributed by atoms with Crippen LogP contribution in [0, 0.1) is 17.0 Å². The third-order valence-electron chi connectivity index (χ3n) is 4.66. The number of non-ortho nitro benzene ring substituents is 1. The third kappa shape index (κ3) is 2.50. The first-order chi connectivity index (χ1) is 9.52. The molecule has 0 aliphatic carbocycles. The number of nitro benzene ring substituents is 1. The number of hydrogen-bond acceptors (Lipinski definition) is 4. The highest BCUT2D eigenvalue weighted by atomic mass is 16.6. The fourth-order valence-electron chi connectivity index (χ4n) is 3.61. The molecule has 2 saturated heterocycles. The van der Waals surface area contributed by atoms with E-state index in [2.05, 4.69) is 17.3 Å². The van der Waals surface area contributed by atoms with Crippen LogP contribution >= 0.6 is 0 Å². The van der Waals surface area contributed by atoms with E-state index in [-0.39, 0.29) is 10.6 Å². The first-order valence-corrected chi connectivity index (χ1v) is 7.28. The maximum Gasteiger partial charge on any atom is 0.271 e. The van der Waals surface area contributed by atoms with Crippen molar-refractivity contribution < 1.29 is 4.92 Å². The molecule has 0 amide bonds. The Hall–Kier alpha value is -1.62. The second-order valence-electron chi connectivity index (χ2n) is 6.16. The van der Waals surface area contributed by atoms with Gasteiger partial charge in [-0.2, -0.15) is 0 Å². The fraction of sp³-hybridized carbons (Fsp3) is 0.600. The lowest BCUT2D eigenvalue weighted by Crippen LogP contribution is -2.47. The summed E-state index contributed by atoms with van der Waals surface area (Å²) in [6, 6.07) is 7.09. The molecule has 2 heterocycles. The molecule has 2 fully saturated rings. The molecule has 108 valence electrons. The highest BCUT2D eigenvalue weighted by molar-refractivity contribution is 5.56. The van der Waals surface area contributed by atoms with E-state index in [0.29, 0.717) is 18.1 Å². The van der Waals surface area contributed by atoms with Gasteiger partial charge in [0.1, 0.15) is 0 Å². The summed E-state index contributed by atoms with van der Waals surface area (Å²) in [4.78, 5) is 12.9. The number of nitro groups is 1. The first kappa shape index (κ1) is 13.4. The number of nitrogens with one attached hydrogen (secondary N) is 1. The number of hydrogen-bond donors (Lipinski definition) is 1. The van der Waals surface area contributed by atoms with Crippen LogP contribution in [0.5, 0.6) is 0 Å². The zero-order chi connectivity index (χ0) is 14.3. The van der Waals surface area contributed by atoms with Gasteiger partial charge in [-0.25, -0.2) is 0 Å². The van der Waals surface area contributed by atoms with E-state index in [1.807, 2.05) is 13.0 Å². The van der Waals surface area contributed by atoms with Gasteiger partial charge < -0.3 is 10.2 Å². The minimum Gasteiger partial charge on any atom is -0.371 e. The van der Waals surface area contributed by atoms with Crippen LogP contribution in [0.1, 0.15) is 31.2 Å². The lowest BCUT2D eigenvalue weighted by molar-refractivity contribution is -0.384. The molecule has 1 N–H and O–H groups in total.